The lowest BCUT2D eigenvalue weighted by Crippen LogP contribution is -2.32. The van der Waals surface area contributed by atoms with Gasteiger partial charge in [0.1, 0.15) is 5.69 Å². The summed E-state index contributed by atoms with van der Waals surface area (Å²) in [6.45, 7) is 13.0. The number of aromatic nitrogens is 5. The van der Waals surface area contributed by atoms with E-state index in [-0.39, 0.29) is 0 Å². The molecule has 0 saturated carbocycles. The minimum absolute atomic E-state index is 0.302. The highest BCUT2D eigenvalue weighted by Gasteiger charge is 2.17. The van der Waals surface area contributed by atoms with Crippen molar-refractivity contribution in [3.8, 4) is 23.0 Å². The Balaban J connectivity index is 2.00. The molecule has 26 heavy (non-hydrogen) atoms. The third kappa shape index (κ3) is 3.71. The first kappa shape index (κ1) is 18.0. The second-order valence-electron chi connectivity index (χ2n) is 6.64. The minimum atomic E-state index is 0.302. The Morgan fingerprint density at radius 3 is 2.19 bits per heavy atom. The van der Waals surface area contributed by atoms with Gasteiger partial charge < -0.3 is 9.42 Å². The molecule has 0 bridgehead atoms. The molecule has 0 radical (unpaired) electrons. The van der Waals surface area contributed by atoms with Crippen molar-refractivity contribution in [2.24, 2.45) is 0 Å². The van der Waals surface area contributed by atoms with Crippen molar-refractivity contribution >= 4 is 5.95 Å². The second kappa shape index (κ2) is 7.19. The first-order valence-corrected chi connectivity index (χ1v) is 8.79. The van der Waals surface area contributed by atoms with Gasteiger partial charge in [-0.25, -0.2) is 9.97 Å². The quantitative estimate of drug-likeness (QED) is 0.691. The largest absolute Gasteiger partial charge is 0.339 e. The van der Waals surface area contributed by atoms with Crippen LogP contribution in [0, 0.1) is 20.8 Å². The van der Waals surface area contributed by atoms with Gasteiger partial charge in [0, 0.05) is 35.2 Å². The fourth-order valence-corrected chi connectivity index (χ4v) is 2.94. The summed E-state index contributed by atoms with van der Waals surface area (Å²) < 4.78 is 5.48. The highest BCUT2D eigenvalue weighted by atomic mass is 16.5. The lowest BCUT2D eigenvalue weighted by Gasteiger charge is -2.25. The summed E-state index contributed by atoms with van der Waals surface area (Å²) >= 11 is 0. The van der Waals surface area contributed by atoms with Crippen molar-refractivity contribution in [2.75, 3.05) is 11.4 Å². The van der Waals surface area contributed by atoms with E-state index in [1.165, 1.54) is 0 Å². The van der Waals surface area contributed by atoms with Crippen LogP contribution < -0.4 is 4.90 Å². The van der Waals surface area contributed by atoms with E-state index in [4.69, 9.17) is 4.52 Å². The topological polar surface area (TPSA) is 80.8 Å². The number of aryl methyl sites for hydroxylation is 3. The van der Waals surface area contributed by atoms with Crippen molar-refractivity contribution in [1.82, 2.24) is 25.1 Å². The van der Waals surface area contributed by atoms with Crippen molar-refractivity contribution in [3.05, 3.63) is 35.3 Å². The maximum absolute atomic E-state index is 5.48. The highest BCUT2D eigenvalue weighted by molar-refractivity contribution is 5.59. The van der Waals surface area contributed by atoms with Gasteiger partial charge in [0.2, 0.25) is 11.8 Å². The number of rotatable bonds is 5. The Hall–Kier alpha value is -2.83. The third-order valence-electron chi connectivity index (χ3n) is 4.05. The highest BCUT2D eigenvalue weighted by Crippen LogP contribution is 2.24. The van der Waals surface area contributed by atoms with E-state index in [1.54, 1.807) is 0 Å². The van der Waals surface area contributed by atoms with Crippen LogP contribution in [-0.2, 0) is 0 Å². The Morgan fingerprint density at radius 2 is 1.58 bits per heavy atom. The Labute approximate surface area is 153 Å². The zero-order valence-corrected chi connectivity index (χ0v) is 16.1. The van der Waals surface area contributed by atoms with E-state index in [9.17, 15) is 0 Å². The number of hydrogen-bond acceptors (Lipinski definition) is 7. The van der Waals surface area contributed by atoms with Gasteiger partial charge in [-0.05, 0) is 59.7 Å². The van der Waals surface area contributed by atoms with Crippen LogP contribution in [0.5, 0.6) is 0 Å². The van der Waals surface area contributed by atoms with Crippen molar-refractivity contribution in [3.63, 3.8) is 0 Å². The molecule has 3 aromatic heterocycles. The number of anilines is 1. The van der Waals surface area contributed by atoms with Crippen LogP contribution in [0.3, 0.4) is 0 Å². The lowest BCUT2D eigenvalue weighted by atomic mass is 10.2. The van der Waals surface area contributed by atoms with Crippen LogP contribution in [0.1, 0.15) is 37.9 Å². The Bertz CT molecular complexity index is 898. The lowest BCUT2D eigenvalue weighted by molar-refractivity contribution is 0.430. The number of nitrogens with zero attached hydrogens (tertiary/aromatic N) is 6. The molecule has 0 N–H and O–H groups in total. The molecule has 7 heteroatoms. The summed E-state index contributed by atoms with van der Waals surface area (Å²) in [5, 5.41) is 4.12. The normalized spacial score (nSPS) is 11.2. The molecule has 0 unspecified atom stereocenters. The average molecular weight is 352 g/mol. The van der Waals surface area contributed by atoms with Crippen LogP contribution >= 0.6 is 0 Å². The summed E-state index contributed by atoms with van der Waals surface area (Å²) in [7, 11) is 0. The molecule has 0 aromatic carbocycles. The summed E-state index contributed by atoms with van der Waals surface area (Å²) in [6.07, 6.45) is 0. The predicted octanol–water partition coefficient (Wildman–Crippen LogP) is 3.75. The van der Waals surface area contributed by atoms with Crippen LogP contribution in [0.4, 0.5) is 5.95 Å². The summed E-state index contributed by atoms with van der Waals surface area (Å²) in [5.41, 5.74) is 4.21. The smallest absolute Gasteiger partial charge is 0.277 e. The van der Waals surface area contributed by atoms with Gasteiger partial charge in [-0.3, -0.25) is 4.98 Å². The van der Waals surface area contributed by atoms with Gasteiger partial charge in [0.15, 0.2) is 0 Å². The van der Waals surface area contributed by atoms with Gasteiger partial charge in [0.25, 0.3) is 5.89 Å². The molecule has 3 rings (SSSR count). The van der Waals surface area contributed by atoms with E-state index >= 15 is 0 Å². The van der Waals surface area contributed by atoms with E-state index < -0.39 is 0 Å². The van der Waals surface area contributed by atoms with E-state index in [2.05, 4.69) is 50.8 Å². The Morgan fingerprint density at radius 1 is 0.923 bits per heavy atom. The summed E-state index contributed by atoms with van der Waals surface area (Å²) in [6, 6.07) is 6.04. The Kier molecular flexibility index (Phi) is 4.97. The molecule has 3 heterocycles. The molecule has 3 aromatic rings. The molecule has 0 aliphatic rings. The molecular weight excluding hydrogens is 328 g/mol. The maximum atomic E-state index is 5.48. The maximum Gasteiger partial charge on any atom is 0.277 e. The molecule has 0 spiro atoms. The minimum Gasteiger partial charge on any atom is -0.339 e. The van der Waals surface area contributed by atoms with Crippen LogP contribution in [0.15, 0.2) is 22.7 Å². The predicted molar refractivity (Wildman–Crippen MR) is 101 cm³/mol. The van der Waals surface area contributed by atoms with Crippen LogP contribution in [0.2, 0.25) is 0 Å². The van der Waals surface area contributed by atoms with E-state index in [0.29, 0.717) is 29.4 Å². The number of pyridine rings is 1. The number of hydrogen-bond donors (Lipinski definition) is 0. The van der Waals surface area contributed by atoms with Crippen LogP contribution in [0.25, 0.3) is 23.0 Å². The molecular formula is C19H24N6O. The molecule has 0 amide bonds. The molecule has 0 aliphatic heterocycles. The SMILES string of the molecule is CCN(c1nc(C)cc(-c2nc(-c3cc(C)nc(C)c3)no2)n1)C(C)C. The first-order chi connectivity index (χ1) is 12.4. The molecule has 136 valence electrons. The molecule has 0 atom stereocenters. The monoisotopic (exact) mass is 352 g/mol. The molecule has 7 nitrogen and oxygen atoms in total. The van der Waals surface area contributed by atoms with Gasteiger partial charge in [-0.2, -0.15) is 4.98 Å². The first-order valence-electron chi connectivity index (χ1n) is 8.79. The van der Waals surface area contributed by atoms with E-state index in [1.807, 2.05) is 39.0 Å². The zero-order valence-electron chi connectivity index (χ0n) is 16.1. The third-order valence-corrected chi connectivity index (χ3v) is 4.05. The molecule has 0 fully saturated rings. The van der Waals surface area contributed by atoms with Crippen molar-refractivity contribution in [1.29, 1.82) is 0 Å². The zero-order chi connectivity index (χ0) is 18.8. The van der Waals surface area contributed by atoms with Crippen molar-refractivity contribution < 1.29 is 4.52 Å². The van der Waals surface area contributed by atoms with Crippen LogP contribution in [-0.4, -0.2) is 37.7 Å². The van der Waals surface area contributed by atoms with Gasteiger partial charge >= 0.3 is 0 Å². The molecule has 0 aliphatic carbocycles. The van der Waals surface area contributed by atoms with Gasteiger partial charge in [-0.15, -0.1) is 0 Å². The average Bonchev–Trinajstić information content (AvgIpc) is 3.04. The summed E-state index contributed by atoms with van der Waals surface area (Å²) in [5.74, 6) is 1.59. The molecule has 0 saturated heterocycles. The summed E-state index contributed by atoms with van der Waals surface area (Å²) in [4.78, 5) is 20.2. The van der Waals surface area contributed by atoms with Gasteiger partial charge in [-0.1, -0.05) is 5.16 Å². The van der Waals surface area contributed by atoms with E-state index in [0.717, 1.165) is 29.2 Å². The second-order valence-corrected chi connectivity index (χ2v) is 6.64. The standard InChI is InChI=1S/C19H24N6O/c1-7-25(11(2)3)19-21-14(6)10-16(22-19)18-23-17(24-26-18)15-8-12(4)20-13(5)9-15/h8-11H,7H2,1-6H3. The fourth-order valence-electron chi connectivity index (χ4n) is 2.94. The van der Waals surface area contributed by atoms with Gasteiger partial charge in [0.05, 0.1) is 0 Å². The van der Waals surface area contributed by atoms with Crippen molar-refractivity contribution in [2.45, 2.75) is 47.6 Å². The fraction of sp³-hybridized carbons (Fsp3) is 0.421.